The number of aliphatic carboxylic acids is 1. The molecule has 0 atom stereocenters. The number of benzene rings is 1. The quantitative estimate of drug-likeness (QED) is 0.429. The first-order valence-corrected chi connectivity index (χ1v) is 8.92. The van der Waals surface area contributed by atoms with Crippen molar-refractivity contribution in [1.82, 2.24) is 0 Å². The van der Waals surface area contributed by atoms with Gasteiger partial charge in [0.2, 0.25) is 0 Å². The number of esters is 1. The third-order valence-electron chi connectivity index (χ3n) is 2.88. The van der Waals surface area contributed by atoms with Crippen LogP contribution in [0.2, 0.25) is 0 Å². The van der Waals surface area contributed by atoms with Crippen molar-refractivity contribution < 1.29 is 36.9 Å². The molecule has 0 aliphatic carbocycles. The molecule has 1 aromatic carbocycles. The smallest absolute Gasteiger partial charge is 0.306 e. The molecular formula is C16H25NO7S. The normalized spacial score (nSPS) is 11.2. The van der Waals surface area contributed by atoms with E-state index in [0.29, 0.717) is 11.1 Å². The van der Waals surface area contributed by atoms with E-state index < -0.39 is 22.1 Å². The van der Waals surface area contributed by atoms with Gasteiger partial charge in [0.15, 0.2) is 0 Å². The maximum Gasteiger partial charge on any atom is 0.306 e. The lowest BCUT2D eigenvalue weighted by atomic mass is 10.2. The molecule has 0 aliphatic rings. The number of carbonyl (C=O) groups is 2. The van der Waals surface area contributed by atoms with Crippen LogP contribution in [-0.2, 0) is 24.4 Å². The van der Waals surface area contributed by atoms with Gasteiger partial charge >= 0.3 is 11.9 Å². The van der Waals surface area contributed by atoms with Gasteiger partial charge in [-0.15, -0.1) is 0 Å². The Morgan fingerprint density at radius 3 is 2.04 bits per heavy atom. The average molecular weight is 375 g/mol. The minimum absolute atomic E-state index is 0.0491. The summed E-state index contributed by atoms with van der Waals surface area (Å²) in [5.74, 6) is -1.42. The lowest BCUT2D eigenvalue weighted by Crippen LogP contribution is -2.38. The first kappa shape index (κ1) is 23.0. The van der Waals surface area contributed by atoms with Crippen LogP contribution in [0.3, 0.4) is 0 Å². The molecule has 9 heteroatoms. The van der Waals surface area contributed by atoms with Gasteiger partial charge in [-0.2, -0.15) is 0 Å². The number of carboxylic acids is 1. The van der Waals surface area contributed by atoms with Crippen molar-refractivity contribution in [2.45, 2.75) is 24.7 Å². The van der Waals surface area contributed by atoms with Gasteiger partial charge in [0.05, 0.1) is 38.9 Å². The molecule has 0 aromatic heterocycles. The molecular weight excluding hydrogens is 350 g/mol. The fourth-order valence-electron chi connectivity index (χ4n) is 1.42. The van der Waals surface area contributed by atoms with Gasteiger partial charge in [-0.25, -0.2) is 8.42 Å². The van der Waals surface area contributed by atoms with Gasteiger partial charge in [-0.3, -0.25) is 9.59 Å². The zero-order chi connectivity index (χ0) is 19.7. The van der Waals surface area contributed by atoms with Crippen molar-refractivity contribution >= 4 is 22.1 Å². The summed E-state index contributed by atoms with van der Waals surface area (Å²) >= 11 is 0. The second-order valence-corrected chi connectivity index (χ2v) is 7.77. The number of carboxylic acid groups (broad SMARTS) is 1. The summed E-state index contributed by atoms with van der Waals surface area (Å²) in [6, 6.07) is 5.78. The molecule has 0 saturated carbocycles. The minimum Gasteiger partial charge on any atom is -0.744 e. The summed E-state index contributed by atoms with van der Waals surface area (Å²) in [6.07, 6.45) is -0.213. The number of hydrogen-bond acceptors (Lipinski definition) is 6. The lowest BCUT2D eigenvalue weighted by Gasteiger charge is -2.23. The van der Waals surface area contributed by atoms with Crippen LogP contribution in [0.5, 0.6) is 0 Å². The van der Waals surface area contributed by atoms with Crippen LogP contribution >= 0.6 is 0 Å². The molecule has 0 saturated heterocycles. The SMILES string of the molecule is C[N+](C)(C)CCOC(=O)CCC(=O)O.Cc1ccc(S(=O)(=O)[O-])cc1. The van der Waals surface area contributed by atoms with E-state index in [0.717, 1.165) is 12.1 Å². The van der Waals surface area contributed by atoms with E-state index in [4.69, 9.17) is 9.84 Å². The highest BCUT2D eigenvalue weighted by molar-refractivity contribution is 7.85. The maximum atomic E-state index is 10.9. The zero-order valence-electron chi connectivity index (χ0n) is 14.9. The van der Waals surface area contributed by atoms with Gasteiger partial charge in [0, 0.05) is 0 Å². The molecule has 25 heavy (non-hydrogen) atoms. The molecule has 8 nitrogen and oxygen atoms in total. The maximum absolute atomic E-state index is 10.9. The molecule has 1 rings (SSSR count). The molecule has 1 aromatic rings. The predicted octanol–water partition coefficient (Wildman–Crippen LogP) is 1.000. The Bertz CT molecular complexity index is 661. The summed E-state index contributed by atoms with van der Waals surface area (Å²) in [5.41, 5.74) is 0.928. The Labute approximate surface area is 148 Å². The molecule has 1 N–H and O–H groups in total. The van der Waals surface area contributed by atoms with E-state index in [1.165, 1.54) is 12.1 Å². The number of hydrogen-bond donors (Lipinski definition) is 1. The molecule has 0 heterocycles. The van der Waals surface area contributed by atoms with E-state index in [9.17, 15) is 22.6 Å². The fourth-order valence-corrected chi connectivity index (χ4v) is 1.89. The Morgan fingerprint density at radius 2 is 1.64 bits per heavy atom. The van der Waals surface area contributed by atoms with E-state index in [-0.39, 0.29) is 17.7 Å². The van der Waals surface area contributed by atoms with Crippen LogP contribution in [0.15, 0.2) is 29.2 Å². The monoisotopic (exact) mass is 375 g/mol. The van der Waals surface area contributed by atoms with E-state index in [1.54, 1.807) is 12.1 Å². The summed E-state index contributed by atoms with van der Waals surface area (Å²) in [4.78, 5) is 20.9. The molecule has 142 valence electrons. The third kappa shape index (κ3) is 13.0. The second kappa shape index (κ2) is 10.1. The number of quaternary nitrogens is 1. The van der Waals surface area contributed by atoms with Crippen LogP contribution < -0.4 is 0 Å². The minimum atomic E-state index is -4.27. The highest BCUT2D eigenvalue weighted by Gasteiger charge is 2.10. The zero-order valence-corrected chi connectivity index (χ0v) is 15.7. The first-order valence-electron chi connectivity index (χ1n) is 7.52. The Hall–Kier alpha value is -1.97. The van der Waals surface area contributed by atoms with Crippen LogP contribution in [-0.4, -0.2) is 68.8 Å². The van der Waals surface area contributed by atoms with Crippen molar-refractivity contribution in [3.05, 3.63) is 29.8 Å². The number of likely N-dealkylation sites (N-methyl/N-ethyl adjacent to an activating group) is 1. The van der Waals surface area contributed by atoms with Crippen molar-refractivity contribution in [2.24, 2.45) is 0 Å². The largest absolute Gasteiger partial charge is 0.744 e. The summed E-state index contributed by atoms with van der Waals surface area (Å²) in [7, 11) is 1.70. The molecule has 0 bridgehead atoms. The summed E-state index contributed by atoms with van der Waals surface area (Å²) < 4.78 is 36.7. The Kier molecular flexibility index (Phi) is 9.32. The molecule has 0 fully saturated rings. The van der Waals surface area contributed by atoms with Gasteiger partial charge in [0.25, 0.3) is 0 Å². The predicted molar refractivity (Wildman–Crippen MR) is 89.9 cm³/mol. The van der Waals surface area contributed by atoms with Crippen LogP contribution in [0, 0.1) is 6.92 Å². The van der Waals surface area contributed by atoms with Gasteiger partial charge in [-0.1, -0.05) is 17.7 Å². The molecule has 0 unspecified atom stereocenters. The second-order valence-electron chi connectivity index (χ2n) is 6.40. The number of aryl methyl sites for hydroxylation is 1. The van der Waals surface area contributed by atoms with Crippen LogP contribution in [0.25, 0.3) is 0 Å². The molecule has 0 aliphatic heterocycles. The summed E-state index contributed by atoms with van der Waals surface area (Å²) in [5, 5.41) is 8.31. The van der Waals surface area contributed by atoms with Gasteiger partial charge < -0.3 is 18.9 Å². The lowest BCUT2D eigenvalue weighted by molar-refractivity contribution is -0.870. The molecule has 0 spiro atoms. The van der Waals surface area contributed by atoms with Gasteiger partial charge in [0.1, 0.15) is 23.3 Å². The Balaban J connectivity index is 0.000000472. The first-order chi connectivity index (χ1) is 11.3. The van der Waals surface area contributed by atoms with E-state index in [2.05, 4.69) is 0 Å². The van der Waals surface area contributed by atoms with Crippen molar-refractivity contribution in [2.75, 3.05) is 34.3 Å². The van der Waals surface area contributed by atoms with Crippen molar-refractivity contribution in [3.63, 3.8) is 0 Å². The number of rotatable bonds is 7. The Morgan fingerprint density at radius 1 is 1.12 bits per heavy atom. The average Bonchev–Trinajstić information content (AvgIpc) is 2.44. The molecule has 0 amide bonds. The number of nitrogens with zero attached hydrogens (tertiary/aromatic N) is 1. The van der Waals surface area contributed by atoms with Gasteiger partial charge in [-0.05, 0) is 19.1 Å². The molecule has 0 radical (unpaired) electrons. The van der Waals surface area contributed by atoms with Crippen molar-refractivity contribution in [3.8, 4) is 0 Å². The number of carbonyl (C=O) groups excluding carboxylic acids is 1. The number of ether oxygens (including phenoxy) is 1. The van der Waals surface area contributed by atoms with E-state index in [1.807, 2.05) is 28.1 Å². The summed E-state index contributed by atoms with van der Waals surface area (Å²) in [6.45, 7) is 2.88. The highest BCUT2D eigenvalue weighted by atomic mass is 32.2. The topological polar surface area (TPSA) is 121 Å². The van der Waals surface area contributed by atoms with Crippen LogP contribution in [0.1, 0.15) is 18.4 Å². The fraction of sp³-hybridized carbons (Fsp3) is 0.500. The highest BCUT2D eigenvalue weighted by Crippen LogP contribution is 2.08. The van der Waals surface area contributed by atoms with E-state index >= 15 is 0 Å². The third-order valence-corrected chi connectivity index (χ3v) is 3.73. The van der Waals surface area contributed by atoms with Crippen molar-refractivity contribution in [1.29, 1.82) is 0 Å². The van der Waals surface area contributed by atoms with Crippen LogP contribution in [0.4, 0.5) is 0 Å². The standard InChI is InChI=1S/C9H17NO4.C7H8O3S/c1-10(2,3)6-7-14-9(13)5-4-8(11)12;1-6-2-4-7(5-3-6)11(8,9)10/h4-7H2,1-3H3;2-5H,1H3,(H,8,9,10).